The molecule has 1 saturated carbocycles. The molecule has 1 aliphatic rings. The predicted molar refractivity (Wildman–Crippen MR) is 41.4 cm³/mol. The van der Waals surface area contributed by atoms with E-state index in [0.717, 1.165) is 0 Å². The van der Waals surface area contributed by atoms with Crippen molar-refractivity contribution in [1.82, 2.24) is 5.32 Å². The molecule has 0 bridgehead atoms. The first-order valence-corrected chi connectivity index (χ1v) is 4.00. The van der Waals surface area contributed by atoms with E-state index in [9.17, 15) is 14.4 Å². The fourth-order valence-electron chi connectivity index (χ4n) is 1.28. The second kappa shape index (κ2) is 3.47. The summed E-state index contributed by atoms with van der Waals surface area (Å²) in [6.45, 7) is 2.21. The van der Waals surface area contributed by atoms with Gasteiger partial charge >= 0.3 is 0 Å². The van der Waals surface area contributed by atoms with Gasteiger partial charge in [0.2, 0.25) is 5.91 Å². The summed E-state index contributed by atoms with van der Waals surface area (Å²) < 4.78 is 0. The van der Waals surface area contributed by atoms with Crippen molar-refractivity contribution in [3.8, 4) is 0 Å². The van der Waals surface area contributed by atoms with Crippen LogP contribution in [-0.4, -0.2) is 24.0 Å². The van der Waals surface area contributed by atoms with Crippen molar-refractivity contribution in [3.63, 3.8) is 0 Å². The van der Waals surface area contributed by atoms with Crippen LogP contribution in [0, 0.1) is 5.92 Å². The van der Waals surface area contributed by atoms with E-state index in [1.807, 2.05) is 0 Å². The lowest BCUT2D eigenvalue weighted by Gasteiger charge is -2.05. The Labute approximate surface area is 70.3 Å². The lowest BCUT2D eigenvalue weighted by atomic mass is 10.1. The molecule has 66 valence electrons. The molecule has 1 amide bonds. The van der Waals surface area contributed by atoms with Crippen LogP contribution in [0.4, 0.5) is 0 Å². The minimum atomic E-state index is -1.01. The van der Waals surface area contributed by atoms with Crippen LogP contribution in [0.5, 0.6) is 0 Å². The van der Waals surface area contributed by atoms with Crippen LogP contribution in [0.3, 0.4) is 0 Å². The van der Waals surface area contributed by atoms with Crippen LogP contribution < -0.4 is 5.32 Å². The average molecular weight is 169 g/mol. The summed E-state index contributed by atoms with van der Waals surface area (Å²) in [7, 11) is 0. The molecular formula is C8H11NO3. The molecule has 0 saturated heterocycles. The van der Waals surface area contributed by atoms with Gasteiger partial charge in [-0.25, -0.2) is 0 Å². The molecule has 1 aliphatic carbocycles. The lowest BCUT2D eigenvalue weighted by Crippen LogP contribution is -2.36. The molecule has 0 atom stereocenters. The van der Waals surface area contributed by atoms with Gasteiger partial charge in [-0.15, -0.1) is 0 Å². The standard InChI is InChI=1S/C8H11NO3/c1-2-9-8(12)7-5(10)3-4-6(7)11/h7H,2-4H2,1H3,(H,9,12). The first-order chi connectivity index (χ1) is 5.66. The van der Waals surface area contributed by atoms with Gasteiger partial charge in [0.25, 0.3) is 0 Å². The van der Waals surface area contributed by atoms with Gasteiger partial charge in [0.1, 0.15) is 0 Å². The Morgan fingerprint density at radius 1 is 1.42 bits per heavy atom. The Morgan fingerprint density at radius 3 is 2.33 bits per heavy atom. The van der Waals surface area contributed by atoms with Crippen LogP contribution in [0.1, 0.15) is 19.8 Å². The normalized spacial score (nSPS) is 18.4. The number of Topliss-reactive ketones (excluding diaryl/α,β-unsaturated/α-hetero) is 2. The number of carbonyl (C=O) groups excluding carboxylic acids is 3. The van der Waals surface area contributed by atoms with E-state index in [0.29, 0.717) is 6.54 Å². The van der Waals surface area contributed by atoms with Crippen molar-refractivity contribution in [2.75, 3.05) is 6.54 Å². The topological polar surface area (TPSA) is 63.2 Å². The number of amides is 1. The number of carbonyl (C=O) groups is 3. The van der Waals surface area contributed by atoms with Gasteiger partial charge in [-0.05, 0) is 6.92 Å². The van der Waals surface area contributed by atoms with Crippen LogP contribution in [-0.2, 0) is 14.4 Å². The van der Waals surface area contributed by atoms with E-state index in [4.69, 9.17) is 0 Å². The third kappa shape index (κ3) is 1.52. The maximum atomic E-state index is 11.1. The van der Waals surface area contributed by atoms with Crippen LogP contribution in [0.25, 0.3) is 0 Å². The average Bonchev–Trinajstić information content (AvgIpc) is 2.32. The molecule has 1 rings (SSSR count). The van der Waals surface area contributed by atoms with Gasteiger partial charge in [-0.3, -0.25) is 14.4 Å². The molecule has 0 aromatic carbocycles. The maximum Gasteiger partial charge on any atom is 0.238 e. The maximum absolute atomic E-state index is 11.1. The molecule has 4 heteroatoms. The van der Waals surface area contributed by atoms with Crippen molar-refractivity contribution < 1.29 is 14.4 Å². The van der Waals surface area contributed by atoms with Gasteiger partial charge < -0.3 is 5.32 Å². The summed E-state index contributed by atoms with van der Waals surface area (Å²) in [6, 6.07) is 0. The summed E-state index contributed by atoms with van der Waals surface area (Å²) in [5.41, 5.74) is 0. The van der Waals surface area contributed by atoms with Gasteiger partial charge in [-0.1, -0.05) is 0 Å². The largest absolute Gasteiger partial charge is 0.355 e. The Morgan fingerprint density at radius 2 is 1.92 bits per heavy atom. The first kappa shape index (κ1) is 8.90. The summed E-state index contributed by atoms with van der Waals surface area (Å²) >= 11 is 0. The third-order valence-electron chi connectivity index (χ3n) is 1.87. The van der Waals surface area contributed by atoms with E-state index in [1.54, 1.807) is 6.92 Å². The van der Waals surface area contributed by atoms with Crippen molar-refractivity contribution in [2.45, 2.75) is 19.8 Å². The molecule has 0 aliphatic heterocycles. The van der Waals surface area contributed by atoms with Crippen molar-refractivity contribution in [2.24, 2.45) is 5.92 Å². The highest BCUT2D eigenvalue weighted by Crippen LogP contribution is 2.17. The number of hydrogen-bond acceptors (Lipinski definition) is 3. The summed E-state index contributed by atoms with van der Waals surface area (Å²) in [5.74, 6) is -1.94. The second-order valence-electron chi connectivity index (χ2n) is 2.76. The number of ketones is 2. The molecular weight excluding hydrogens is 158 g/mol. The molecule has 0 heterocycles. The Bertz CT molecular complexity index is 218. The highest BCUT2D eigenvalue weighted by atomic mass is 16.2. The molecule has 0 aromatic heterocycles. The fourth-order valence-corrected chi connectivity index (χ4v) is 1.28. The van der Waals surface area contributed by atoms with Gasteiger partial charge in [0.15, 0.2) is 17.5 Å². The molecule has 4 nitrogen and oxygen atoms in total. The third-order valence-corrected chi connectivity index (χ3v) is 1.87. The number of hydrogen-bond donors (Lipinski definition) is 1. The smallest absolute Gasteiger partial charge is 0.238 e. The van der Waals surface area contributed by atoms with Crippen molar-refractivity contribution in [3.05, 3.63) is 0 Å². The zero-order valence-corrected chi connectivity index (χ0v) is 6.92. The Hall–Kier alpha value is -1.19. The quantitative estimate of drug-likeness (QED) is 0.576. The van der Waals surface area contributed by atoms with Crippen molar-refractivity contribution >= 4 is 17.5 Å². The summed E-state index contributed by atoms with van der Waals surface area (Å²) in [6.07, 6.45) is 0.446. The molecule has 0 spiro atoms. The number of rotatable bonds is 2. The van der Waals surface area contributed by atoms with Gasteiger partial charge in [-0.2, -0.15) is 0 Å². The fraction of sp³-hybridized carbons (Fsp3) is 0.625. The zero-order valence-electron chi connectivity index (χ0n) is 6.92. The van der Waals surface area contributed by atoms with Crippen LogP contribution in [0.2, 0.25) is 0 Å². The van der Waals surface area contributed by atoms with E-state index < -0.39 is 11.8 Å². The van der Waals surface area contributed by atoms with E-state index in [2.05, 4.69) is 5.32 Å². The molecule has 12 heavy (non-hydrogen) atoms. The molecule has 1 fully saturated rings. The minimum absolute atomic E-state index is 0.223. The molecule has 1 N–H and O–H groups in total. The molecule has 0 aromatic rings. The Kier molecular flexibility index (Phi) is 2.58. The van der Waals surface area contributed by atoms with Gasteiger partial charge in [0, 0.05) is 19.4 Å². The lowest BCUT2D eigenvalue weighted by molar-refractivity contribution is -0.137. The van der Waals surface area contributed by atoms with Gasteiger partial charge in [0.05, 0.1) is 0 Å². The number of nitrogens with one attached hydrogen (secondary N) is 1. The van der Waals surface area contributed by atoms with E-state index in [1.165, 1.54) is 0 Å². The van der Waals surface area contributed by atoms with Crippen molar-refractivity contribution in [1.29, 1.82) is 0 Å². The highest BCUT2D eigenvalue weighted by molar-refractivity contribution is 6.22. The molecule has 0 unspecified atom stereocenters. The monoisotopic (exact) mass is 169 g/mol. The van der Waals surface area contributed by atoms with Crippen LogP contribution >= 0.6 is 0 Å². The minimum Gasteiger partial charge on any atom is -0.355 e. The Balaban J connectivity index is 2.66. The second-order valence-corrected chi connectivity index (χ2v) is 2.76. The summed E-state index contributed by atoms with van der Waals surface area (Å²) in [5, 5.41) is 2.47. The van der Waals surface area contributed by atoms with E-state index in [-0.39, 0.29) is 24.4 Å². The SMILES string of the molecule is CCNC(=O)C1C(=O)CCC1=O. The van der Waals surface area contributed by atoms with Crippen LogP contribution in [0.15, 0.2) is 0 Å². The zero-order chi connectivity index (χ0) is 9.14. The first-order valence-electron chi connectivity index (χ1n) is 4.00. The summed E-state index contributed by atoms with van der Waals surface area (Å²) in [4.78, 5) is 33.2. The molecule has 0 radical (unpaired) electrons. The predicted octanol–water partition coefficient (Wildman–Crippen LogP) is -0.329. The highest BCUT2D eigenvalue weighted by Gasteiger charge is 2.38. The van der Waals surface area contributed by atoms with E-state index >= 15 is 0 Å².